The molecule has 2 aromatic carbocycles. The van der Waals surface area contributed by atoms with Gasteiger partial charge in [0, 0.05) is 22.2 Å². The first-order valence-electron chi connectivity index (χ1n) is 7.33. The zero-order chi connectivity index (χ0) is 18.7. The van der Waals surface area contributed by atoms with Crippen LogP contribution in [0.1, 0.15) is 15.2 Å². The number of nitro groups is 1. The Morgan fingerprint density at radius 3 is 2.69 bits per heavy atom. The molecule has 132 valence electrons. The van der Waals surface area contributed by atoms with Gasteiger partial charge in [0.1, 0.15) is 10.6 Å². The van der Waals surface area contributed by atoms with E-state index in [1.165, 1.54) is 41.8 Å². The molecule has 0 bridgehead atoms. The van der Waals surface area contributed by atoms with Crippen molar-refractivity contribution in [3.8, 4) is 5.75 Å². The number of hydrazone groups is 1. The smallest absolute Gasteiger partial charge is 0.283 e. The van der Waals surface area contributed by atoms with Crippen LogP contribution >= 0.6 is 22.9 Å². The highest BCUT2D eigenvalue weighted by molar-refractivity contribution is 7.21. The Balaban J connectivity index is 1.74. The lowest BCUT2D eigenvalue weighted by molar-refractivity contribution is -0.384. The van der Waals surface area contributed by atoms with Crippen molar-refractivity contribution >= 4 is 50.8 Å². The summed E-state index contributed by atoms with van der Waals surface area (Å²) in [5.74, 6) is 0.242. The molecule has 1 N–H and O–H groups in total. The average Bonchev–Trinajstić information content (AvgIpc) is 2.98. The van der Waals surface area contributed by atoms with Gasteiger partial charge in [0.15, 0.2) is 0 Å². The van der Waals surface area contributed by atoms with Gasteiger partial charge >= 0.3 is 0 Å². The van der Waals surface area contributed by atoms with Crippen molar-refractivity contribution in [2.45, 2.75) is 0 Å². The minimum absolute atomic E-state index is 0.0151. The number of ether oxygens (including phenoxy) is 1. The van der Waals surface area contributed by atoms with Crippen molar-refractivity contribution in [1.82, 2.24) is 5.43 Å². The number of carbonyl (C=O) groups is 1. The molecule has 26 heavy (non-hydrogen) atoms. The molecule has 7 nitrogen and oxygen atoms in total. The lowest BCUT2D eigenvalue weighted by atomic mass is 10.2. The van der Waals surface area contributed by atoms with Gasteiger partial charge in [-0.1, -0.05) is 11.6 Å². The van der Waals surface area contributed by atoms with E-state index >= 15 is 0 Å². The second kappa shape index (κ2) is 7.51. The molecule has 0 saturated heterocycles. The van der Waals surface area contributed by atoms with Crippen molar-refractivity contribution in [2.24, 2.45) is 5.10 Å². The summed E-state index contributed by atoms with van der Waals surface area (Å²) < 4.78 is 6.00. The molecular weight excluding hydrogens is 378 g/mol. The zero-order valence-electron chi connectivity index (χ0n) is 13.4. The minimum atomic E-state index is -0.485. The molecule has 0 fully saturated rings. The number of methoxy groups -OCH3 is 1. The van der Waals surface area contributed by atoms with Gasteiger partial charge < -0.3 is 4.74 Å². The molecule has 3 aromatic rings. The number of non-ortho nitro benzene ring substituents is 1. The molecule has 1 amide bonds. The highest BCUT2D eigenvalue weighted by Gasteiger charge is 2.17. The van der Waals surface area contributed by atoms with Gasteiger partial charge in [0.25, 0.3) is 11.6 Å². The summed E-state index contributed by atoms with van der Waals surface area (Å²) >= 11 is 7.52. The highest BCUT2D eigenvalue weighted by atomic mass is 35.5. The largest absolute Gasteiger partial charge is 0.497 e. The molecule has 0 radical (unpaired) electrons. The molecule has 1 heterocycles. The monoisotopic (exact) mass is 389 g/mol. The maximum absolute atomic E-state index is 12.3. The van der Waals surface area contributed by atoms with Crippen LogP contribution in [0.25, 0.3) is 10.1 Å². The number of fused-ring (bicyclic) bond motifs is 1. The topological polar surface area (TPSA) is 93.8 Å². The van der Waals surface area contributed by atoms with E-state index in [9.17, 15) is 14.9 Å². The number of nitrogens with zero attached hydrogens (tertiary/aromatic N) is 2. The van der Waals surface area contributed by atoms with Crippen LogP contribution in [0.5, 0.6) is 5.75 Å². The van der Waals surface area contributed by atoms with E-state index in [0.717, 1.165) is 10.1 Å². The molecule has 0 unspecified atom stereocenters. The van der Waals surface area contributed by atoms with E-state index in [1.807, 2.05) is 6.07 Å². The second-order valence-corrected chi connectivity index (χ2v) is 6.59. The number of nitro benzene ring substituents is 1. The van der Waals surface area contributed by atoms with Gasteiger partial charge in [-0.05, 0) is 35.9 Å². The average molecular weight is 390 g/mol. The summed E-state index contributed by atoms with van der Waals surface area (Å²) in [5, 5.41) is 15.6. The van der Waals surface area contributed by atoms with Gasteiger partial charge in [-0.3, -0.25) is 14.9 Å². The summed E-state index contributed by atoms with van der Waals surface area (Å²) in [7, 11) is 1.57. The lowest BCUT2D eigenvalue weighted by Gasteiger charge is -1.98. The lowest BCUT2D eigenvalue weighted by Crippen LogP contribution is -2.16. The summed E-state index contributed by atoms with van der Waals surface area (Å²) in [6, 6.07) is 11.2. The number of carbonyl (C=O) groups excluding carboxylic acids is 1. The Hall–Kier alpha value is -2.97. The number of thiophene rings is 1. The number of rotatable bonds is 5. The summed E-state index contributed by atoms with van der Waals surface area (Å²) in [4.78, 5) is 22.8. The predicted molar refractivity (Wildman–Crippen MR) is 102 cm³/mol. The fraction of sp³-hybridized carbons (Fsp3) is 0.0588. The molecule has 1 aromatic heterocycles. The third-order valence-electron chi connectivity index (χ3n) is 3.53. The Kier molecular flexibility index (Phi) is 5.15. The van der Waals surface area contributed by atoms with E-state index in [1.54, 1.807) is 19.2 Å². The van der Waals surface area contributed by atoms with E-state index in [-0.39, 0.29) is 5.69 Å². The van der Waals surface area contributed by atoms with Gasteiger partial charge in [-0.25, -0.2) is 5.43 Å². The van der Waals surface area contributed by atoms with Gasteiger partial charge in [0.05, 0.1) is 23.3 Å². The molecule has 3 rings (SSSR count). The van der Waals surface area contributed by atoms with Crippen molar-refractivity contribution in [3.63, 3.8) is 0 Å². The third kappa shape index (κ3) is 3.66. The molecule has 9 heteroatoms. The Bertz CT molecular complexity index is 1010. The van der Waals surface area contributed by atoms with Crippen molar-refractivity contribution < 1.29 is 14.5 Å². The molecule has 0 spiro atoms. The molecule has 0 atom stereocenters. The maximum atomic E-state index is 12.3. The molecule has 0 aliphatic heterocycles. The van der Waals surface area contributed by atoms with Crippen LogP contribution in [0.4, 0.5) is 5.69 Å². The van der Waals surface area contributed by atoms with Gasteiger partial charge in [-0.2, -0.15) is 5.10 Å². The third-order valence-corrected chi connectivity index (χ3v) is 5.18. The normalized spacial score (nSPS) is 11.0. The Morgan fingerprint density at radius 1 is 1.31 bits per heavy atom. The first kappa shape index (κ1) is 17.8. The van der Waals surface area contributed by atoms with E-state index in [2.05, 4.69) is 10.5 Å². The van der Waals surface area contributed by atoms with Crippen LogP contribution in [0.2, 0.25) is 5.02 Å². The van der Waals surface area contributed by atoms with Crippen LogP contribution in [-0.4, -0.2) is 24.2 Å². The number of amides is 1. The maximum Gasteiger partial charge on any atom is 0.283 e. The van der Waals surface area contributed by atoms with E-state index in [4.69, 9.17) is 16.3 Å². The van der Waals surface area contributed by atoms with Crippen LogP contribution in [0.3, 0.4) is 0 Å². The van der Waals surface area contributed by atoms with Crippen LogP contribution in [0.15, 0.2) is 47.6 Å². The van der Waals surface area contributed by atoms with Crippen molar-refractivity contribution in [3.05, 3.63) is 68.0 Å². The zero-order valence-corrected chi connectivity index (χ0v) is 15.0. The summed E-state index contributed by atoms with van der Waals surface area (Å²) in [6.45, 7) is 0. The fourth-order valence-electron chi connectivity index (χ4n) is 2.22. The van der Waals surface area contributed by atoms with Gasteiger partial charge in [-0.15, -0.1) is 11.3 Å². The first-order valence-corrected chi connectivity index (χ1v) is 8.53. The highest BCUT2D eigenvalue weighted by Crippen LogP contribution is 2.37. The van der Waals surface area contributed by atoms with Crippen molar-refractivity contribution in [1.29, 1.82) is 0 Å². The molecule has 0 aliphatic carbocycles. The SMILES string of the molecule is COc1ccc2c(Cl)c(C(=O)N/N=C/c3ccc([N+](=O)[O-])cc3)sc2c1. The number of benzene rings is 2. The number of halogens is 1. The molecule has 0 saturated carbocycles. The van der Waals surface area contributed by atoms with Crippen molar-refractivity contribution in [2.75, 3.05) is 7.11 Å². The number of hydrogen-bond acceptors (Lipinski definition) is 6. The van der Waals surface area contributed by atoms with Gasteiger partial charge in [0.2, 0.25) is 0 Å². The van der Waals surface area contributed by atoms with Crippen LogP contribution < -0.4 is 10.2 Å². The summed E-state index contributed by atoms with van der Waals surface area (Å²) in [6.07, 6.45) is 1.39. The molecular formula is C17H12ClN3O4S. The minimum Gasteiger partial charge on any atom is -0.497 e. The standard InChI is InChI=1S/C17H12ClN3O4S/c1-25-12-6-7-13-14(8-12)26-16(15(13)18)17(22)20-19-9-10-2-4-11(5-3-10)21(23)24/h2-9H,1H3,(H,20,22)/b19-9+. The Morgan fingerprint density at radius 2 is 2.04 bits per heavy atom. The summed E-state index contributed by atoms with van der Waals surface area (Å²) in [5.41, 5.74) is 3.01. The first-order chi connectivity index (χ1) is 12.5. The van der Waals surface area contributed by atoms with E-state index in [0.29, 0.717) is 21.2 Å². The predicted octanol–water partition coefficient (Wildman–Crippen LogP) is 4.24. The van der Waals surface area contributed by atoms with Crippen LogP contribution in [0, 0.1) is 10.1 Å². The second-order valence-electron chi connectivity index (χ2n) is 5.16. The fourth-order valence-corrected chi connectivity index (χ4v) is 3.65. The number of nitrogens with one attached hydrogen (secondary N) is 1. The number of hydrogen-bond donors (Lipinski definition) is 1. The molecule has 0 aliphatic rings. The quantitative estimate of drug-likeness (QED) is 0.401. The van der Waals surface area contributed by atoms with Crippen LogP contribution in [-0.2, 0) is 0 Å². The Labute approximate surface area is 157 Å². The van der Waals surface area contributed by atoms with E-state index < -0.39 is 10.8 Å².